The number of rotatable bonds is 1. The molecule has 0 fully saturated rings. The lowest BCUT2D eigenvalue weighted by atomic mass is 10.2. The van der Waals surface area contributed by atoms with Crippen molar-refractivity contribution in [2.75, 3.05) is 5.73 Å². The molecule has 0 amide bonds. The molecule has 3 N–H and O–H groups in total. The summed E-state index contributed by atoms with van der Waals surface area (Å²) in [4.78, 5) is 4.31. The normalized spacial score (nSPS) is 10.9. The third kappa shape index (κ3) is 1.57. The van der Waals surface area contributed by atoms with E-state index in [2.05, 4.69) is 10.1 Å². The van der Waals surface area contributed by atoms with E-state index in [1.165, 1.54) is 0 Å². The molecule has 0 aliphatic heterocycles. The number of anilines is 1. The van der Waals surface area contributed by atoms with E-state index in [1.54, 1.807) is 35.1 Å². The van der Waals surface area contributed by atoms with E-state index >= 15 is 0 Å². The fourth-order valence-corrected chi connectivity index (χ4v) is 1.93. The van der Waals surface area contributed by atoms with Crippen LogP contribution in [0.15, 0.2) is 36.5 Å². The molecule has 18 heavy (non-hydrogen) atoms. The zero-order valence-corrected chi connectivity index (χ0v) is 9.83. The van der Waals surface area contributed by atoms with E-state index in [4.69, 9.17) is 5.73 Å². The Balaban J connectivity index is 2.26. The summed E-state index contributed by atoms with van der Waals surface area (Å²) in [6, 6.07) is 8.69. The zero-order chi connectivity index (χ0) is 12.7. The second-order valence-corrected chi connectivity index (χ2v) is 4.15. The first-order valence-corrected chi connectivity index (χ1v) is 5.55. The van der Waals surface area contributed by atoms with Crippen LogP contribution in [0.2, 0.25) is 0 Å². The van der Waals surface area contributed by atoms with Gasteiger partial charge < -0.3 is 10.8 Å². The Morgan fingerprint density at radius 3 is 2.67 bits per heavy atom. The molecule has 0 radical (unpaired) electrons. The van der Waals surface area contributed by atoms with Crippen LogP contribution in [0.4, 0.5) is 5.69 Å². The molecule has 5 heteroatoms. The summed E-state index contributed by atoms with van der Waals surface area (Å²) in [7, 11) is 0. The highest BCUT2D eigenvalue weighted by molar-refractivity contribution is 5.82. The van der Waals surface area contributed by atoms with Gasteiger partial charge in [-0.05, 0) is 37.3 Å². The van der Waals surface area contributed by atoms with Crippen molar-refractivity contribution in [1.82, 2.24) is 14.8 Å². The number of nitrogens with zero attached hydrogens (tertiary/aromatic N) is 3. The fraction of sp³-hybridized carbons (Fsp3) is 0.0769. The quantitative estimate of drug-likeness (QED) is 0.682. The third-order valence-corrected chi connectivity index (χ3v) is 2.82. The van der Waals surface area contributed by atoms with Gasteiger partial charge >= 0.3 is 0 Å². The molecule has 0 atom stereocenters. The molecule has 0 aliphatic rings. The number of pyridine rings is 1. The number of aromatic nitrogens is 3. The van der Waals surface area contributed by atoms with Crippen molar-refractivity contribution >= 4 is 16.7 Å². The van der Waals surface area contributed by atoms with Crippen molar-refractivity contribution in [3.63, 3.8) is 0 Å². The highest BCUT2D eigenvalue weighted by Crippen LogP contribution is 2.22. The minimum atomic E-state index is 0.226. The maximum absolute atomic E-state index is 9.30. The van der Waals surface area contributed by atoms with Crippen molar-refractivity contribution in [2.45, 2.75) is 6.92 Å². The number of nitrogen functional groups attached to an aromatic ring is 1. The highest BCUT2D eigenvalue weighted by Gasteiger charge is 2.10. The van der Waals surface area contributed by atoms with E-state index in [-0.39, 0.29) is 5.75 Å². The topological polar surface area (TPSA) is 77.0 Å². The summed E-state index contributed by atoms with van der Waals surface area (Å²) in [6.07, 6.45) is 1.61. The lowest BCUT2D eigenvalue weighted by Gasteiger charge is -2.02. The third-order valence-electron chi connectivity index (χ3n) is 2.82. The van der Waals surface area contributed by atoms with Crippen LogP contribution in [0, 0.1) is 6.92 Å². The van der Waals surface area contributed by atoms with Gasteiger partial charge in [-0.3, -0.25) is 0 Å². The Morgan fingerprint density at radius 2 is 1.94 bits per heavy atom. The van der Waals surface area contributed by atoms with Gasteiger partial charge in [0, 0.05) is 5.39 Å². The Morgan fingerprint density at radius 1 is 1.22 bits per heavy atom. The lowest BCUT2D eigenvalue weighted by Crippen LogP contribution is -1.97. The van der Waals surface area contributed by atoms with Gasteiger partial charge in [0.2, 0.25) is 0 Å². The van der Waals surface area contributed by atoms with Gasteiger partial charge in [0.25, 0.3) is 0 Å². The average molecular weight is 240 g/mol. The molecule has 5 nitrogen and oxygen atoms in total. The molecule has 3 rings (SSSR count). The largest absolute Gasteiger partial charge is 0.508 e. The van der Waals surface area contributed by atoms with E-state index in [1.807, 2.05) is 13.0 Å². The van der Waals surface area contributed by atoms with Gasteiger partial charge in [-0.1, -0.05) is 0 Å². The first kappa shape index (κ1) is 10.6. The Bertz CT molecular complexity index is 716. The number of benzene rings is 1. The van der Waals surface area contributed by atoms with Gasteiger partial charge in [-0.15, -0.1) is 0 Å². The van der Waals surface area contributed by atoms with Crippen LogP contribution >= 0.6 is 0 Å². The average Bonchev–Trinajstić information content (AvgIpc) is 2.68. The summed E-state index contributed by atoms with van der Waals surface area (Å²) in [6.45, 7) is 1.92. The molecular formula is C13H12N4O. The first-order valence-electron chi connectivity index (χ1n) is 5.55. The highest BCUT2D eigenvalue weighted by atomic mass is 16.3. The number of hydrogen-bond donors (Lipinski definition) is 2. The van der Waals surface area contributed by atoms with Crippen molar-refractivity contribution in [3.8, 4) is 11.4 Å². The first-order chi connectivity index (χ1) is 8.65. The van der Waals surface area contributed by atoms with Gasteiger partial charge in [-0.25, -0.2) is 9.67 Å². The Kier molecular flexibility index (Phi) is 2.19. The smallest absolute Gasteiger partial charge is 0.163 e. The number of phenolic OH excluding ortho intramolecular Hbond substituents is 1. The molecule has 0 saturated carbocycles. The molecule has 2 heterocycles. The number of aromatic hydroxyl groups is 1. The Hall–Kier alpha value is -2.56. The molecule has 1 aromatic carbocycles. The van der Waals surface area contributed by atoms with Gasteiger partial charge in [-0.2, -0.15) is 5.10 Å². The molecule has 90 valence electrons. The second-order valence-electron chi connectivity index (χ2n) is 4.15. The van der Waals surface area contributed by atoms with Crippen molar-refractivity contribution in [1.29, 1.82) is 0 Å². The molecule has 0 bridgehead atoms. The van der Waals surface area contributed by atoms with Crippen LogP contribution in [-0.2, 0) is 0 Å². The number of phenols is 1. The van der Waals surface area contributed by atoms with Crippen LogP contribution < -0.4 is 5.73 Å². The van der Waals surface area contributed by atoms with Crippen LogP contribution in [0.3, 0.4) is 0 Å². The number of fused-ring (bicyclic) bond motifs is 1. The predicted octanol–water partition coefficient (Wildman–Crippen LogP) is 2.02. The van der Waals surface area contributed by atoms with E-state index < -0.39 is 0 Å². The summed E-state index contributed by atoms with van der Waals surface area (Å²) >= 11 is 0. The molecule has 0 spiro atoms. The number of aryl methyl sites for hydroxylation is 1. The fourth-order valence-electron chi connectivity index (χ4n) is 1.93. The van der Waals surface area contributed by atoms with Crippen molar-refractivity contribution in [2.24, 2.45) is 0 Å². The molecular weight excluding hydrogens is 228 g/mol. The zero-order valence-electron chi connectivity index (χ0n) is 9.83. The van der Waals surface area contributed by atoms with E-state index in [0.29, 0.717) is 5.69 Å². The van der Waals surface area contributed by atoms with Crippen LogP contribution in [0.25, 0.3) is 16.7 Å². The van der Waals surface area contributed by atoms with Crippen LogP contribution in [0.1, 0.15) is 5.69 Å². The van der Waals surface area contributed by atoms with Crippen LogP contribution in [-0.4, -0.2) is 19.9 Å². The van der Waals surface area contributed by atoms with Gasteiger partial charge in [0.05, 0.1) is 23.3 Å². The molecule has 0 unspecified atom stereocenters. The van der Waals surface area contributed by atoms with Crippen molar-refractivity contribution in [3.05, 3.63) is 42.2 Å². The lowest BCUT2D eigenvalue weighted by molar-refractivity contribution is 0.475. The molecule has 3 aromatic rings. The van der Waals surface area contributed by atoms with Crippen LogP contribution in [0.5, 0.6) is 5.75 Å². The Labute approximate surface area is 103 Å². The molecule has 0 aliphatic carbocycles. The van der Waals surface area contributed by atoms with E-state index in [0.717, 1.165) is 22.4 Å². The number of nitrogens with two attached hydrogens (primary N) is 1. The van der Waals surface area contributed by atoms with Gasteiger partial charge in [0.1, 0.15) is 5.75 Å². The van der Waals surface area contributed by atoms with Crippen molar-refractivity contribution < 1.29 is 5.11 Å². The van der Waals surface area contributed by atoms with E-state index in [9.17, 15) is 5.11 Å². The van der Waals surface area contributed by atoms with Gasteiger partial charge in [0.15, 0.2) is 5.65 Å². The number of hydrogen-bond acceptors (Lipinski definition) is 4. The predicted molar refractivity (Wildman–Crippen MR) is 69.7 cm³/mol. The summed E-state index contributed by atoms with van der Waals surface area (Å²) in [5.41, 5.74) is 8.83. The monoisotopic (exact) mass is 240 g/mol. The summed E-state index contributed by atoms with van der Waals surface area (Å²) < 4.78 is 1.74. The second kappa shape index (κ2) is 3.73. The summed E-state index contributed by atoms with van der Waals surface area (Å²) in [5, 5.41) is 14.7. The minimum Gasteiger partial charge on any atom is -0.508 e. The minimum absolute atomic E-state index is 0.226. The summed E-state index contributed by atoms with van der Waals surface area (Å²) in [5.74, 6) is 0.226. The maximum Gasteiger partial charge on any atom is 0.163 e. The maximum atomic E-state index is 9.30. The molecule has 2 aromatic heterocycles. The molecule has 0 saturated heterocycles. The standard InChI is InChI=1S/C13H12N4O/c1-8-12-6-9(14)7-15-13(12)17(16-8)10-2-4-11(18)5-3-10/h2-7,18H,14H2,1H3. The SMILES string of the molecule is Cc1nn(-c2ccc(O)cc2)c2ncc(N)cc12.